The fraction of sp³-hybridized carbons (Fsp3) is 0.143. The number of ether oxygens (including phenoxy) is 1. The molecule has 0 bridgehead atoms. The molecule has 0 atom stereocenters. The van der Waals surface area contributed by atoms with E-state index in [9.17, 15) is 4.79 Å². The minimum atomic E-state index is -0.0458. The third-order valence-electron chi connectivity index (χ3n) is 4.28. The Labute approximate surface area is 182 Å². The van der Waals surface area contributed by atoms with Gasteiger partial charge >= 0.3 is 0 Å². The molecule has 1 aromatic heterocycles. The fourth-order valence-electron chi connectivity index (χ4n) is 2.86. The molecule has 1 amide bonds. The van der Waals surface area contributed by atoms with Crippen LogP contribution >= 0.6 is 34.7 Å². The number of thioether (sulfide) groups is 1. The lowest BCUT2D eigenvalue weighted by Crippen LogP contribution is -2.26. The Morgan fingerprint density at radius 2 is 2.10 bits per heavy atom. The van der Waals surface area contributed by atoms with Gasteiger partial charge < -0.3 is 15.0 Å². The Kier molecular flexibility index (Phi) is 6.08. The summed E-state index contributed by atoms with van der Waals surface area (Å²) in [7, 11) is 1.64. The largest absolute Gasteiger partial charge is 0.497 e. The van der Waals surface area contributed by atoms with Crippen molar-refractivity contribution in [1.82, 2.24) is 9.88 Å². The van der Waals surface area contributed by atoms with E-state index in [1.807, 2.05) is 35.7 Å². The molecule has 2 aromatic carbocycles. The Hall–Kier alpha value is -2.48. The van der Waals surface area contributed by atoms with Crippen LogP contribution in [-0.2, 0) is 0 Å². The molecule has 1 N–H and O–H groups in total. The molecular formula is C21H18ClN3O2S2. The molecule has 2 heterocycles. The number of halogens is 1. The van der Waals surface area contributed by atoms with Gasteiger partial charge in [0.25, 0.3) is 5.91 Å². The van der Waals surface area contributed by atoms with Crippen molar-refractivity contribution in [2.24, 2.45) is 0 Å². The maximum Gasteiger partial charge on any atom is 0.258 e. The molecule has 3 aromatic rings. The number of carbonyl (C=O) groups excluding carboxylic acids is 1. The van der Waals surface area contributed by atoms with Crippen LogP contribution in [0.5, 0.6) is 5.75 Å². The molecule has 1 saturated heterocycles. The average molecular weight is 444 g/mol. The van der Waals surface area contributed by atoms with Gasteiger partial charge in [-0.1, -0.05) is 17.7 Å². The molecule has 1 fully saturated rings. The predicted octanol–water partition coefficient (Wildman–Crippen LogP) is 5.74. The van der Waals surface area contributed by atoms with Gasteiger partial charge in [-0.25, -0.2) is 4.98 Å². The van der Waals surface area contributed by atoms with E-state index in [4.69, 9.17) is 16.3 Å². The van der Waals surface area contributed by atoms with Crippen LogP contribution in [0.15, 0.2) is 58.9 Å². The third kappa shape index (κ3) is 4.75. The summed E-state index contributed by atoms with van der Waals surface area (Å²) >= 11 is 9.21. The number of aromatic nitrogens is 1. The molecule has 0 radical (unpaired) electrons. The quantitative estimate of drug-likeness (QED) is 0.545. The summed E-state index contributed by atoms with van der Waals surface area (Å²) in [4.78, 5) is 19.3. The summed E-state index contributed by atoms with van der Waals surface area (Å²) in [5.41, 5.74) is 2.35. The second kappa shape index (κ2) is 8.90. The van der Waals surface area contributed by atoms with Crippen LogP contribution in [0.1, 0.15) is 16.1 Å². The maximum absolute atomic E-state index is 12.9. The molecule has 0 unspecified atom stereocenters. The molecular weight excluding hydrogens is 426 g/mol. The Morgan fingerprint density at radius 3 is 2.86 bits per heavy atom. The third-order valence-corrected chi connectivity index (χ3v) is 6.31. The molecule has 148 valence electrons. The van der Waals surface area contributed by atoms with Crippen LogP contribution in [0.2, 0.25) is 5.02 Å². The first kappa shape index (κ1) is 19.8. The highest BCUT2D eigenvalue weighted by Crippen LogP contribution is 2.32. The standard InChI is InChI=1S/C21H18ClN3O2S2/c1-27-18-7-5-16(6-8-18)23-21-24-17(13-29-21)12-19-25(9-10-28-19)20(26)14-3-2-4-15(22)11-14/h2-8,11-13H,9-10H2,1H3,(H,23,24)/b19-12+. The van der Waals surface area contributed by atoms with E-state index in [0.29, 0.717) is 17.1 Å². The lowest BCUT2D eigenvalue weighted by Gasteiger charge is -2.17. The maximum atomic E-state index is 12.9. The number of hydrogen-bond acceptors (Lipinski definition) is 6. The fourth-order valence-corrected chi connectivity index (χ4v) is 4.76. The second-order valence-electron chi connectivity index (χ2n) is 6.23. The summed E-state index contributed by atoms with van der Waals surface area (Å²) < 4.78 is 5.18. The van der Waals surface area contributed by atoms with Crippen molar-refractivity contribution in [3.63, 3.8) is 0 Å². The summed E-state index contributed by atoms with van der Waals surface area (Å²) in [5.74, 6) is 1.62. The number of carbonyl (C=O) groups is 1. The average Bonchev–Trinajstić information content (AvgIpc) is 3.38. The van der Waals surface area contributed by atoms with Crippen LogP contribution in [0.4, 0.5) is 10.8 Å². The van der Waals surface area contributed by atoms with Gasteiger partial charge in [-0.2, -0.15) is 0 Å². The molecule has 1 aliphatic heterocycles. The van der Waals surface area contributed by atoms with Crippen molar-refractivity contribution in [3.05, 3.63) is 75.2 Å². The number of benzene rings is 2. The van der Waals surface area contributed by atoms with Gasteiger partial charge in [0.15, 0.2) is 5.13 Å². The lowest BCUT2D eigenvalue weighted by atomic mass is 10.2. The number of hydrogen-bond donors (Lipinski definition) is 1. The molecule has 8 heteroatoms. The van der Waals surface area contributed by atoms with Gasteiger partial charge in [0, 0.05) is 34.0 Å². The molecule has 0 saturated carbocycles. The normalized spacial score (nSPS) is 15.0. The summed E-state index contributed by atoms with van der Waals surface area (Å²) in [6, 6.07) is 14.7. The Bertz CT molecular complexity index is 1050. The molecule has 1 aliphatic rings. The summed E-state index contributed by atoms with van der Waals surface area (Å²) in [6.45, 7) is 0.670. The van der Waals surface area contributed by atoms with Crippen LogP contribution < -0.4 is 10.1 Å². The van der Waals surface area contributed by atoms with Gasteiger partial charge in [-0.05, 0) is 48.5 Å². The minimum Gasteiger partial charge on any atom is -0.497 e. The van der Waals surface area contributed by atoms with E-state index in [0.717, 1.165) is 33.0 Å². The smallest absolute Gasteiger partial charge is 0.258 e. The monoisotopic (exact) mass is 443 g/mol. The highest BCUT2D eigenvalue weighted by atomic mass is 35.5. The van der Waals surface area contributed by atoms with Crippen LogP contribution in [-0.4, -0.2) is 35.2 Å². The SMILES string of the molecule is COc1ccc(Nc2nc(/C=C3/SCCN3C(=O)c3cccc(Cl)c3)cs2)cc1. The van der Waals surface area contributed by atoms with E-state index in [1.165, 1.54) is 11.3 Å². The van der Waals surface area contributed by atoms with Crippen molar-refractivity contribution in [2.45, 2.75) is 0 Å². The van der Waals surface area contributed by atoms with Crippen molar-refractivity contribution in [3.8, 4) is 5.75 Å². The number of rotatable bonds is 5. The zero-order valence-corrected chi connectivity index (χ0v) is 18.0. The first-order valence-electron chi connectivity index (χ1n) is 8.91. The van der Waals surface area contributed by atoms with Crippen molar-refractivity contribution in [2.75, 3.05) is 24.7 Å². The van der Waals surface area contributed by atoms with E-state index in [2.05, 4.69) is 10.3 Å². The molecule has 0 aliphatic carbocycles. The van der Waals surface area contributed by atoms with E-state index in [1.54, 1.807) is 48.0 Å². The van der Waals surface area contributed by atoms with Crippen LogP contribution in [0, 0.1) is 0 Å². The lowest BCUT2D eigenvalue weighted by molar-refractivity contribution is 0.0831. The highest BCUT2D eigenvalue weighted by molar-refractivity contribution is 8.03. The molecule has 4 rings (SSSR count). The second-order valence-corrected chi connectivity index (χ2v) is 8.64. The zero-order valence-electron chi connectivity index (χ0n) is 15.6. The molecule has 0 spiro atoms. The Morgan fingerprint density at radius 1 is 1.28 bits per heavy atom. The van der Waals surface area contributed by atoms with Gasteiger partial charge in [0.2, 0.25) is 0 Å². The highest BCUT2D eigenvalue weighted by Gasteiger charge is 2.25. The Balaban J connectivity index is 1.49. The first-order valence-corrected chi connectivity index (χ1v) is 11.2. The number of nitrogens with one attached hydrogen (secondary N) is 1. The van der Waals surface area contributed by atoms with Crippen LogP contribution in [0.3, 0.4) is 0 Å². The summed E-state index contributed by atoms with van der Waals surface area (Å²) in [6.07, 6.45) is 1.95. The van der Waals surface area contributed by atoms with E-state index in [-0.39, 0.29) is 5.91 Å². The topological polar surface area (TPSA) is 54.5 Å². The number of methoxy groups -OCH3 is 1. The van der Waals surface area contributed by atoms with Crippen molar-refractivity contribution < 1.29 is 9.53 Å². The minimum absolute atomic E-state index is 0.0458. The van der Waals surface area contributed by atoms with Crippen molar-refractivity contribution in [1.29, 1.82) is 0 Å². The predicted molar refractivity (Wildman–Crippen MR) is 121 cm³/mol. The van der Waals surface area contributed by atoms with Crippen LogP contribution in [0.25, 0.3) is 6.08 Å². The zero-order chi connectivity index (χ0) is 20.2. The number of anilines is 2. The van der Waals surface area contributed by atoms with Gasteiger partial charge in [-0.15, -0.1) is 23.1 Å². The summed E-state index contributed by atoms with van der Waals surface area (Å²) in [5, 5.41) is 7.51. The molecule has 5 nitrogen and oxygen atoms in total. The molecule has 29 heavy (non-hydrogen) atoms. The van der Waals surface area contributed by atoms with Crippen molar-refractivity contribution >= 4 is 57.5 Å². The number of thiazole rings is 1. The van der Waals surface area contributed by atoms with Gasteiger partial charge in [-0.3, -0.25) is 4.79 Å². The first-order chi connectivity index (χ1) is 14.1. The van der Waals surface area contributed by atoms with Gasteiger partial charge in [0.1, 0.15) is 5.75 Å². The van der Waals surface area contributed by atoms with Gasteiger partial charge in [0.05, 0.1) is 17.8 Å². The van der Waals surface area contributed by atoms with E-state index >= 15 is 0 Å². The number of amides is 1. The number of nitrogens with zero attached hydrogens (tertiary/aromatic N) is 2. The van der Waals surface area contributed by atoms with E-state index < -0.39 is 0 Å².